The number of likely N-dealkylation sites (N-methyl/N-ethyl adjacent to an activating group) is 1. The zero-order chi connectivity index (χ0) is 14.7. The molecule has 1 saturated carbocycles. The Bertz CT molecular complexity index is 433. The van der Waals surface area contributed by atoms with Gasteiger partial charge in [0.05, 0.1) is 0 Å². The van der Waals surface area contributed by atoms with E-state index in [0.29, 0.717) is 6.04 Å². The molecule has 0 aromatic heterocycles. The summed E-state index contributed by atoms with van der Waals surface area (Å²) in [7, 11) is 4.38. The summed E-state index contributed by atoms with van der Waals surface area (Å²) in [4.78, 5) is 5.20. The van der Waals surface area contributed by atoms with Gasteiger partial charge in [0.25, 0.3) is 0 Å². The van der Waals surface area contributed by atoms with E-state index in [9.17, 15) is 0 Å². The highest BCUT2D eigenvalue weighted by atomic mass is 15.3. The molecule has 0 amide bonds. The van der Waals surface area contributed by atoms with Gasteiger partial charge in [0.15, 0.2) is 0 Å². The number of nitrogens with zero attached hydrogens (tertiary/aromatic N) is 2. The van der Waals surface area contributed by atoms with Gasteiger partial charge in [-0.3, -0.25) is 4.90 Å². The van der Waals surface area contributed by atoms with Gasteiger partial charge in [-0.05, 0) is 38.4 Å². The Hall–Kier alpha value is -0.900. The van der Waals surface area contributed by atoms with Gasteiger partial charge >= 0.3 is 0 Å². The number of hydrogen-bond donors (Lipinski definition) is 1. The minimum atomic E-state index is 0.558. The number of piperazine rings is 1. The molecule has 0 spiro atoms. The van der Waals surface area contributed by atoms with Gasteiger partial charge in [-0.2, -0.15) is 0 Å². The molecule has 1 N–H and O–H groups in total. The van der Waals surface area contributed by atoms with E-state index in [4.69, 9.17) is 0 Å². The third kappa shape index (κ3) is 3.47. The van der Waals surface area contributed by atoms with E-state index in [1.165, 1.54) is 44.5 Å². The molecule has 3 heteroatoms. The minimum Gasteiger partial charge on any atom is -0.317 e. The molecule has 0 bridgehead atoms. The smallest absolute Gasteiger partial charge is 0.0475 e. The second-order valence-electron chi connectivity index (χ2n) is 6.77. The number of hydrogen-bond acceptors (Lipinski definition) is 3. The van der Waals surface area contributed by atoms with E-state index in [2.05, 4.69) is 59.5 Å². The summed E-state index contributed by atoms with van der Waals surface area (Å²) in [5.41, 5.74) is 1.48. The van der Waals surface area contributed by atoms with E-state index < -0.39 is 0 Å². The molecule has 1 saturated heterocycles. The molecule has 3 atom stereocenters. The molecule has 0 radical (unpaired) electrons. The van der Waals surface area contributed by atoms with Crippen molar-refractivity contribution in [2.75, 3.05) is 40.3 Å². The maximum Gasteiger partial charge on any atom is 0.0475 e. The van der Waals surface area contributed by atoms with E-state index in [-0.39, 0.29) is 0 Å². The van der Waals surface area contributed by atoms with E-state index in [1.54, 1.807) is 0 Å². The standard InChI is InChI=1S/C18H29N3/c1-19-17-10-6-9-16(17)13-21-12-11-20(2)14-18(21)15-7-4-3-5-8-15/h3-5,7-8,16-19H,6,9-14H2,1-2H3. The zero-order valence-electron chi connectivity index (χ0n) is 13.5. The van der Waals surface area contributed by atoms with Crippen molar-refractivity contribution < 1.29 is 0 Å². The van der Waals surface area contributed by atoms with Crippen LogP contribution >= 0.6 is 0 Å². The topological polar surface area (TPSA) is 18.5 Å². The monoisotopic (exact) mass is 287 g/mol. The normalized spacial score (nSPS) is 31.6. The first-order valence-corrected chi connectivity index (χ1v) is 8.42. The first-order chi connectivity index (χ1) is 10.3. The quantitative estimate of drug-likeness (QED) is 0.917. The first kappa shape index (κ1) is 15.0. The lowest BCUT2D eigenvalue weighted by Crippen LogP contribution is -2.49. The van der Waals surface area contributed by atoms with Crippen molar-refractivity contribution in [1.82, 2.24) is 15.1 Å². The van der Waals surface area contributed by atoms with Crippen molar-refractivity contribution in [2.24, 2.45) is 5.92 Å². The van der Waals surface area contributed by atoms with Crippen LogP contribution in [0.2, 0.25) is 0 Å². The molecule has 1 heterocycles. The minimum absolute atomic E-state index is 0.558. The van der Waals surface area contributed by atoms with Crippen LogP contribution in [0.4, 0.5) is 0 Å². The fourth-order valence-electron chi connectivity index (χ4n) is 4.10. The highest BCUT2D eigenvalue weighted by Gasteiger charge is 2.32. The predicted octanol–water partition coefficient (Wildman–Crippen LogP) is 2.36. The van der Waals surface area contributed by atoms with Crippen LogP contribution in [-0.4, -0.2) is 56.1 Å². The second kappa shape index (κ2) is 6.91. The number of nitrogens with one attached hydrogen (secondary N) is 1. The predicted molar refractivity (Wildman–Crippen MR) is 88.4 cm³/mol. The second-order valence-corrected chi connectivity index (χ2v) is 6.77. The van der Waals surface area contributed by atoms with E-state index in [1.807, 2.05) is 0 Å². The molecule has 21 heavy (non-hydrogen) atoms. The van der Waals surface area contributed by atoms with E-state index in [0.717, 1.165) is 18.5 Å². The summed E-state index contributed by atoms with van der Waals surface area (Å²) in [5.74, 6) is 0.824. The van der Waals surface area contributed by atoms with Crippen LogP contribution in [0.1, 0.15) is 30.9 Å². The van der Waals surface area contributed by atoms with Crippen LogP contribution < -0.4 is 5.32 Å². The molecule has 1 aromatic carbocycles. The fourth-order valence-corrected chi connectivity index (χ4v) is 4.10. The fraction of sp³-hybridized carbons (Fsp3) is 0.667. The van der Waals surface area contributed by atoms with Gasteiger partial charge in [-0.1, -0.05) is 36.8 Å². The highest BCUT2D eigenvalue weighted by Crippen LogP contribution is 2.31. The molecular weight excluding hydrogens is 258 g/mol. The zero-order valence-corrected chi connectivity index (χ0v) is 13.5. The molecule has 2 aliphatic rings. The van der Waals surface area contributed by atoms with Gasteiger partial charge in [0.1, 0.15) is 0 Å². The van der Waals surface area contributed by atoms with Crippen LogP contribution in [0.5, 0.6) is 0 Å². The maximum atomic E-state index is 3.53. The first-order valence-electron chi connectivity index (χ1n) is 8.42. The summed E-state index contributed by atoms with van der Waals surface area (Å²) in [5, 5.41) is 3.53. The molecule has 1 aliphatic carbocycles. The lowest BCUT2D eigenvalue weighted by molar-refractivity contribution is 0.0719. The summed E-state index contributed by atoms with van der Waals surface area (Å²) in [6.45, 7) is 4.79. The molecule has 3 unspecified atom stereocenters. The Balaban J connectivity index is 1.72. The SMILES string of the molecule is CNC1CCCC1CN1CCN(C)CC1c1ccccc1. The maximum absolute atomic E-state index is 3.53. The average Bonchev–Trinajstić information content (AvgIpc) is 2.97. The highest BCUT2D eigenvalue weighted by molar-refractivity contribution is 5.20. The summed E-state index contributed by atoms with van der Waals surface area (Å²) < 4.78 is 0. The third-order valence-corrected chi connectivity index (χ3v) is 5.38. The van der Waals surface area contributed by atoms with Crippen LogP contribution in [0.15, 0.2) is 30.3 Å². The van der Waals surface area contributed by atoms with Gasteiger partial charge in [0, 0.05) is 38.3 Å². The van der Waals surface area contributed by atoms with Crippen molar-refractivity contribution in [3.8, 4) is 0 Å². The van der Waals surface area contributed by atoms with Crippen LogP contribution in [0.25, 0.3) is 0 Å². The van der Waals surface area contributed by atoms with Gasteiger partial charge in [0.2, 0.25) is 0 Å². The summed E-state index contributed by atoms with van der Waals surface area (Å²) >= 11 is 0. The van der Waals surface area contributed by atoms with Crippen LogP contribution in [-0.2, 0) is 0 Å². The van der Waals surface area contributed by atoms with Crippen LogP contribution in [0.3, 0.4) is 0 Å². The Morgan fingerprint density at radius 2 is 1.95 bits per heavy atom. The molecule has 116 valence electrons. The largest absolute Gasteiger partial charge is 0.317 e. The average molecular weight is 287 g/mol. The lowest BCUT2D eigenvalue weighted by atomic mass is 9.98. The molecule has 1 aromatic rings. The van der Waals surface area contributed by atoms with Crippen molar-refractivity contribution in [3.63, 3.8) is 0 Å². The molecule has 3 rings (SSSR count). The molecule has 3 nitrogen and oxygen atoms in total. The van der Waals surface area contributed by atoms with Gasteiger partial charge < -0.3 is 10.2 Å². The number of rotatable bonds is 4. The molecular formula is C18H29N3. The molecule has 2 fully saturated rings. The van der Waals surface area contributed by atoms with Gasteiger partial charge in [-0.25, -0.2) is 0 Å². The van der Waals surface area contributed by atoms with Gasteiger partial charge in [-0.15, -0.1) is 0 Å². The third-order valence-electron chi connectivity index (χ3n) is 5.38. The van der Waals surface area contributed by atoms with Crippen molar-refractivity contribution in [1.29, 1.82) is 0 Å². The summed E-state index contributed by atoms with van der Waals surface area (Å²) in [6, 6.07) is 12.3. The van der Waals surface area contributed by atoms with Crippen molar-refractivity contribution in [3.05, 3.63) is 35.9 Å². The summed E-state index contributed by atoms with van der Waals surface area (Å²) in [6.07, 6.45) is 4.13. The van der Waals surface area contributed by atoms with Crippen LogP contribution in [0, 0.1) is 5.92 Å². The van der Waals surface area contributed by atoms with Crippen molar-refractivity contribution in [2.45, 2.75) is 31.3 Å². The van der Waals surface area contributed by atoms with E-state index >= 15 is 0 Å². The van der Waals surface area contributed by atoms with Crippen molar-refractivity contribution >= 4 is 0 Å². The Morgan fingerprint density at radius 1 is 1.14 bits per heavy atom. The Labute approximate surface area is 129 Å². The lowest BCUT2D eigenvalue weighted by Gasteiger charge is -2.42. The molecule has 1 aliphatic heterocycles. The Kier molecular flexibility index (Phi) is 4.94. The Morgan fingerprint density at radius 3 is 2.71 bits per heavy atom. The number of benzene rings is 1.